The molecule has 1 N–H and O–H groups in total. The van der Waals surface area contributed by atoms with Crippen LogP contribution in [0.3, 0.4) is 0 Å². The van der Waals surface area contributed by atoms with Gasteiger partial charge in [-0.1, -0.05) is 20.8 Å². The smallest absolute Gasteiger partial charge is 0.252 e. The number of carbonyl (C=O) groups is 1. The average Bonchev–Trinajstić information content (AvgIpc) is 2.27. The van der Waals surface area contributed by atoms with Crippen molar-refractivity contribution in [3.63, 3.8) is 0 Å². The van der Waals surface area contributed by atoms with E-state index in [1.54, 1.807) is 0 Å². The van der Waals surface area contributed by atoms with E-state index < -0.39 is 5.95 Å². The standard InChI is InChI=1S/C12H17FN2O/c1-4-12(2,3)8-15-11(16)9-5-6-10(13)14-7-9/h5-7H,4,8H2,1-3H3,(H,15,16). The Bertz CT molecular complexity index is 360. The second-order valence-corrected chi connectivity index (χ2v) is 4.57. The van der Waals surface area contributed by atoms with Crippen LogP contribution in [0.25, 0.3) is 0 Å². The normalized spacial score (nSPS) is 11.2. The van der Waals surface area contributed by atoms with Crippen LogP contribution in [0.2, 0.25) is 0 Å². The summed E-state index contributed by atoms with van der Waals surface area (Å²) in [7, 11) is 0. The predicted octanol–water partition coefficient (Wildman–Crippen LogP) is 2.39. The Morgan fingerprint density at radius 1 is 1.50 bits per heavy atom. The fraction of sp³-hybridized carbons (Fsp3) is 0.500. The van der Waals surface area contributed by atoms with E-state index in [9.17, 15) is 9.18 Å². The number of hydrogen-bond acceptors (Lipinski definition) is 2. The van der Waals surface area contributed by atoms with E-state index in [-0.39, 0.29) is 11.3 Å². The fourth-order valence-corrected chi connectivity index (χ4v) is 1.06. The zero-order valence-corrected chi connectivity index (χ0v) is 9.88. The zero-order chi connectivity index (χ0) is 12.2. The van der Waals surface area contributed by atoms with Gasteiger partial charge < -0.3 is 5.32 Å². The van der Waals surface area contributed by atoms with Gasteiger partial charge >= 0.3 is 0 Å². The van der Waals surface area contributed by atoms with Crippen molar-refractivity contribution in [3.8, 4) is 0 Å². The highest BCUT2D eigenvalue weighted by molar-refractivity contribution is 5.93. The Kier molecular flexibility index (Phi) is 3.99. The quantitative estimate of drug-likeness (QED) is 0.798. The fourth-order valence-electron chi connectivity index (χ4n) is 1.06. The molecule has 0 aromatic carbocycles. The van der Waals surface area contributed by atoms with Crippen LogP contribution in [-0.4, -0.2) is 17.4 Å². The predicted molar refractivity (Wildman–Crippen MR) is 60.6 cm³/mol. The molecule has 1 amide bonds. The lowest BCUT2D eigenvalue weighted by molar-refractivity contribution is 0.0935. The summed E-state index contributed by atoms with van der Waals surface area (Å²) in [4.78, 5) is 15.1. The van der Waals surface area contributed by atoms with Crippen LogP contribution in [0.1, 0.15) is 37.6 Å². The first-order valence-electron chi connectivity index (χ1n) is 5.34. The molecule has 1 heterocycles. The molecule has 1 aromatic rings. The molecule has 0 aliphatic carbocycles. The van der Waals surface area contributed by atoms with Gasteiger partial charge in [0, 0.05) is 12.7 Å². The summed E-state index contributed by atoms with van der Waals surface area (Å²) < 4.78 is 12.5. The topological polar surface area (TPSA) is 42.0 Å². The minimum Gasteiger partial charge on any atom is -0.351 e. The maximum atomic E-state index is 12.5. The third-order valence-corrected chi connectivity index (χ3v) is 2.67. The highest BCUT2D eigenvalue weighted by Gasteiger charge is 2.16. The minimum atomic E-state index is -0.578. The molecule has 0 saturated carbocycles. The van der Waals surface area contributed by atoms with Crippen molar-refractivity contribution in [2.45, 2.75) is 27.2 Å². The van der Waals surface area contributed by atoms with Crippen LogP contribution < -0.4 is 5.32 Å². The molecule has 0 spiro atoms. The van der Waals surface area contributed by atoms with Gasteiger partial charge in [0.15, 0.2) is 0 Å². The Hall–Kier alpha value is -1.45. The van der Waals surface area contributed by atoms with Gasteiger partial charge in [-0.25, -0.2) is 4.98 Å². The van der Waals surface area contributed by atoms with Gasteiger partial charge in [-0.2, -0.15) is 4.39 Å². The van der Waals surface area contributed by atoms with Crippen molar-refractivity contribution in [2.24, 2.45) is 5.41 Å². The highest BCUT2D eigenvalue weighted by Crippen LogP contribution is 2.17. The van der Waals surface area contributed by atoms with Gasteiger partial charge in [0.25, 0.3) is 5.91 Å². The number of pyridine rings is 1. The Balaban J connectivity index is 2.56. The van der Waals surface area contributed by atoms with E-state index in [0.29, 0.717) is 12.1 Å². The van der Waals surface area contributed by atoms with Crippen LogP contribution in [0, 0.1) is 11.4 Å². The number of nitrogens with zero attached hydrogens (tertiary/aromatic N) is 1. The molecular formula is C12H17FN2O. The lowest BCUT2D eigenvalue weighted by Gasteiger charge is -2.22. The van der Waals surface area contributed by atoms with Gasteiger partial charge in [-0.15, -0.1) is 0 Å². The van der Waals surface area contributed by atoms with Crippen LogP contribution in [-0.2, 0) is 0 Å². The molecule has 0 saturated heterocycles. The Morgan fingerprint density at radius 3 is 2.69 bits per heavy atom. The summed E-state index contributed by atoms with van der Waals surface area (Å²) >= 11 is 0. The Labute approximate surface area is 95.1 Å². The first kappa shape index (κ1) is 12.6. The molecule has 0 fully saturated rings. The lowest BCUT2D eigenvalue weighted by atomic mass is 9.90. The van der Waals surface area contributed by atoms with E-state index in [0.717, 1.165) is 6.42 Å². The summed E-state index contributed by atoms with van der Waals surface area (Å²) in [6.07, 6.45) is 2.22. The van der Waals surface area contributed by atoms with Gasteiger partial charge in [0.2, 0.25) is 5.95 Å². The number of aromatic nitrogens is 1. The molecule has 16 heavy (non-hydrogen) atoms. The molecule has 0 atom stereocenters. The monoisotopic (exact) mass is 224 g/mol. The molecule has 0 aliphatic rings. The SMILES string of the molecule is CCC(C)(C)CNC(=O)c1ccc(F)nc1. The molecule has 0 radical (unpaired) electrons. The molecule has 1 rings (SSSR count). The summed E-state index contributed by atoms with van der Waals surface area (Å²) in [5, 5.41) is 2.81. The largest absolute Gasteiger partial charge is 0.351 e. The van der Waals surface area contributed by atoms with Crippen molar-refractivity contribution < 1.29 is 9.18 Å². The second kappa shape index (κ2) is 5.05. The van der Waals surface area contributed by atoms with E-state index in [1.807, 2.05) is 0 Å². The zero-order valence-electron chi connectivity index (χ0n) is 9.88. The van der Waals surface area contributed by atoms with Crippen LogP contribution in [0.15, 0.2) is 18.3 Å². The number of hydrogen-bond donors (Lipinski definition) is 1. The molecule has 0 unspecified atom stereocenters. The van der Waals surface area contributed by atoms with Crippen LogP contribution in [0.4, 0.5) is 4.39 Å². The van der Waals surface area contributed by atoms with Crippen LogP contribution >= 0.6 is 0 Å². The lowest BCUT2D eigenvalue weighted by Crippen LogP contribution is -2.33. The average molecular weight is 224 g/mol. The van der Waals surface area contributed by atoms with Crippen molar-refractivity contribution in [3.05, 3.63) is 29.8 Å². The number of nitrogens with one attached hydrogen (secondary N) is 1. The maximum Gasteiger partial charge on any atom is 0.252 e. The van der Waals surface area contributed by atoms with Crippen LogP contribution in [0.5, 0.6) is 0 Å². The first-order valence-corrected chi connectivity index (χ1v) is 5.34. The Morgan fingerprint density at radius 2 is 2.19 bits per heavy atom. The second-order valence-electron chi connectivity index (χ2n) is 4.57. The summed E-state index contributed by atoms with van der Waals surface area (Å²) in [6, 6.07) is 2.61. The van der Waals surface area contributed by atoms with E-state index in [2.05, 4.69) is 31.1 Å². The van der Waals surface area contributed by atoms with E-state index in [1.165, 1.54) is 18.3 Å². The van der Waals surface area contributed by atoms with Crippen molar-refractivity contribution in [1.29, 1.82) is 0 Å². The van der Waals surface area contributed by atoms with E-state index in [4.69, 9.17) is 0 Å². The van der Waals surface area contributed by atoms with Crippen molar-refractivity contribution in [1.82, 2.24) is 10.3 Å². The molecule has 0 aliphatic heterocycles. The van der Waals surface area contributed by atoms with Crippen molar-refractivity contribution in [2.75, 3.05) is 6.54 Å². The van der Waals surface area contributed by atoms with Gasteiger partial charge in [-0.3, -0.25) is 4.79 Å². The molecule has 4 heteroatoms. The number of rotatable bonds is 4. The molecule has 0 bridgehead atoms. The maximum absolute atomic E-state index is 12.5. The van der Waals surface area contributed by atoms with Gasteiger partial charge in [-0.05, 0) is 24.0 Å². The molecular weight excluding hydrogens is 207 g/mol. The summed E-state index contributed by atoms with van der Waals surface area (Å²) in [5.41, 5.74) is 0.455. The number of amides is 1. The molecule has 3 nitrogen and oxygen atoms in total. The van der Waals surface area contributed by atoms with Crippen molar-refractivity contribution >= 4 is 5.91 Å². The first-order chi connectivity index (χ1) is 7.44. The number of halogens is 1. The summed E-state index contributed by atoms with van der Waals surface area (Å²) in [5.74, 6) is -0.792. The summed E-state index contributed by atoms with van der Waals surface area (Å²) in [6.45, 7) is 6.83. The molecule has 1 aromatic heterocycles. The minimum absolute atomic E-state index is 0.0725. The highest BCUT2D eigenvalue weighted by atomic mass is 19.1. The third kappa shape index (κ3) is 3.61. The molecule has 88 valence electrons. The van der Waals surface area contributed by atoms with E-state index >= 15 is 0 Å². The van der Waals surface area contributed by atoms with Gasteiger partial charge in [0.1, 0.15) is 0 Å². The third-order valence-electron chi connectivity index (χ3n) is 2.67. The van der Waals surface area contributed by atoms with Gasteiger partial charge in [0.05, 0.1) is 5.56 Å². The number of carbonyl (C=O) groups excluding carboxylic acids is 1.